The maximum Gasteiger partial charge on any atom is 0.00100 e. The summed E-state index contributed by atoms with van der Waals surface area (Å²) < 4.78 is 0. The van der Waals surface area contributed by atoms with Gasteiger partial charge < -0.3 is 0 Å². The summed E-state index contributed by atoms with van der Waals surface area (Å²) in [5, 5.41) is 0. The van der Waals surface area contributed by atoms with Gasteiger partial charge in [0.05, 0.1) is 0 Å². The highest BCUT2D eigenvalue weighted by molar-refractivity contribution is 5.36. The Morgan fingerprint density at radius 3 is 2.50 bits per heavy atom. The van der Waals surface area contributed by atoms with E-state index in [1.807, 2.05) is 16.7 Å². The Morgan fingerprint density at radius 1 is 0.900 bits per heavy atom. The summed E-state index contributed by atoms with van der Waals surface area (Å²) >= 11 is 0. The van der Waals surface area contributed by atoms with Gasteiger partial charge >= 0.3 is 0 Å². The van der Waals surface area contributed by atoms with Crippen LogP contribution in [-0.2, 0) is 0 Å². The third-order valence-electron chi connectivity index (χ3n) is 5.86. The molecule has 2 bridgehead atoms. The predicted octanol–water partition coefficient (Wildman–Crippen LogP) is 6.57. The molecule has 0 nitrogen and oxygen atoms in total. The predicted molar refractivity (Wildman–Crippen MR) is 87.8 cm³/mol. The van der Waals surface area contributed by atoms with E-state index in [-0.39, 0.29) is 0 Å². The molecule has 0 amide bonds. The third kappa shape index (κ3) is 3.05. The molecule has 0 saturated carbocycles. The molecule has 0 saturated heterocycles. The largest absolute Gasteiger partial charge is 0.0775 e. The van der Waals surface area contributed by atoms with Crippen LogP contribution in [-0.4, -0.2) is 0 Å². The van der Waals surface area contributed by atoms with Crippen molar-refractivity contribution in [1.29, 1.82) is 0 Å². The van der Waals surface area contributed by atoms with Crippen molar-refractivity contribution in [1.82, 2.24) is 0 Å². The Bertz CT molecular complexity index is 385. The lowest BCUT2D eigenvalue weighted by Gasteiger charge is -2.33. The van der Waals surface area contributed by atoms with Crippen LogP contribution in [0.1, 0.15) is 90.4 Å². The van der Waals surface area contributed by atoms with Crippen LogP contribution in [0.3, 0.4) is 0 Å². The maximum absolute atomic E-state index is 2.75. The molecule has 0 radical (unpaired) electrons. The van der Waals surface area contributed by atoms with Gasteiger partial charge in [-0.15, -0.1) is 0 Å². The van der Waals surface area contributed by atoms with Gasteiger partial charge in [-0.05, 0) is 57.3 Å². The fourth-order valence-corrected chi connectivity index (χ4v) is 4.79. The van der Waals surface area contributed by atoms with Crippen molar-refractivity contribution < 1.29 is 0 Å². The summed E-state index contributed by atoms with van der Waals surface area (Å²) in [6.45, 7) is 2.34. The molecule has 20 heavy (non-hydrogen) atoms. The molecule has 0 aliphatic heterocycles. The van der Waals surface area contributed by atoms with Crippen LogP contribution in [0.15, 0.2) is 22.8 Å². The van der Waals surface area contributed by atoms with Crippen molar-refractivity contribution in [2.24, 2.45) is 11.8 Å². The Labute approximate surface area is 125 Å². The number of hydrogen-bond donors (Lipinski definition) is 0. The van der Waals surface area contributed by atoms with Gasteiger partial charge in [-0.3, -0.25) is 0 Å². The molecular weight excluding hydrogens is 240 g/mol. The molecule has 0 N–H and O–H groups in total. The lowest BCUT2D eigenvalue weighted by Crippen LogP contribution is -2.19. The van der Waals surface area contributed by atoms with Crippen LogP contribution < -0.4 is 0 Å². The summed E-state index contributed by atoms with van der Waals surface area (Å²) in [7, 11) is 0. The first-order chi connectivity index (χ1) is 9.90. The van der Waals surface area contributed by atoms with Crippen LogP contribution in [0.5, 0.6) is 0 Å². The minimum Gasteiger partial charge on any atom is -0.0775 e. The number of hydrogen-bond acceptors (Lipinski definition) is 0. The van der Waals surface area contributed by atoms with Crippen LogP contribution in [0.25, 0.3) is 0 Å². The first-order valence-corrected chi connectivity index (χ1v) is 9.32. The normalized spacial score (nSPS) is 30.9. The zero-order valence-corrected chi connectivity index (χ0v) is 13.4. The first-order valence-electron chi connectivity index (χ1n) is 9.32. The van der Waals surface area contributed by atoms with Crippen molar-refractivity contribution in [3.05, 3.63) is 22.8 Å². The second-order valence-corrected chi connectivity index (χ2v) is 7.25. The Hall–Kier alpha value is -0.520. The second-order valence-electron chi connectivity index (χ2n) is 7.25. The molecule has 3 aliphatic rings. The highest BCUT2D eigenvalue weighted by Crippen LogP contribution is 2.46. The van der Waals surface area contributed by atoms with Crippen LogP contribution >= 0.6 is 0 Å². The fourth-order valence-electron chi connectivity index (χ4n) is 4.79. The third-order valence-corrected chi connectivity index (χ3v) is 5.86. The van der Waals surface area contributed by atoms with E-state index in [0.29, 0.717) is 0 Å². The number of unbranched alkanes of at least 4 members (excludes halogenated alkanes) is 1. The van der Waals surface area contributed by atoms with Crippen LogP contribution in [0.2, 0.25) is 0 Å². The molecule has 0 heterocycles. The Balaban J connectivity index is 1.90. The SMILES string of the molecule is CCCCC1=C[C@H]2CCCCC[C@@H]1C1=C2CCCCC1. The summed E-state index contributed by atoms with van der Waals surface area (Å²) in [5.41, 5.74) is 5.69. The van der Waals surface area contributed by atoms with Crippen molar-refractivity contribution in [3.8, 4) is 0 Å². The zero-order chi connectivity index (χ0) is 13.8. The van der Waals surface area contributed by atoms with E-state index in [0.717, 1.165) is 11.8 Å². The molecule has 0 aromatic carbocycles. The molecule has 0 spiro atoms. The lowest BCUT2D eigenvalue weighted by atomic mass is 9.72. The summed E-state index contributed by atoms with van der Waals surface area (Å²) in [6, 6.07) is 0. The highest BCUT2D eigenvalue weighted by atomic mass is 14.4. The Morgan fingerprint density at radius 2 is 1.65 bits per heavy atom. The average Bonchev–Trinajstić information content (AvgIpc) is 2.62. The fraction of sp³-hybridized carbons (Fsp3) is 0.800. The van der Waals surface area contributed by atoms with E-state index >= 15 is 0 Å². The van der Waals surface area contributed by atoms with E-state index in [1.165, 1.54) is 83.5 Å². The van der Waals surface area contributed by atoms with Gasteiger partial charge in [0.2, 0.25) is 0 Å². The van der Waals surface area contributed by atoms with E-state index in [1.54, 1.807) is 0 Å². The molecule has 3 rings (SSSR count). The van der Waals surface area contributed by atoms with Crippen LogP contribution in [0.4, 0.5) is 0 Å². The van der Waals surface area contributed by atoms with Gasteiger partial charge in [0.1, 0.15) is 0 Å². The van der Waals surface area contributed by atoms with Gasteiger partial charge in [-0.2, -0.15) is 0 Å². The van der Waals surface area contributed by atoms with Gasteiger partial charge in [0.15, 0.2) is 0 Å². The molecule has 0 unspecified atom stereocenters. The summed E-state index contributed by atoms with van der Waals surface area (Å²) in [4.78, 5) is 0. The van der Waals surface area contributed by atoms with Gasteiger partial charge in [0, 0.05) is 5.92 Å². The van der Waals surface area contributed by atoms with Gasteiger partial charge in [-0.1, -0.05) is 61.8 Å². The molecular formula is C20H32. The topological polar surface area (TPSA) is 0 Å². The van der Waals surface area contributed by atoms with E-state index in [2.05, 4.69) is 13.0 Å². The molecule has 2 atom stereocenters. The quantitative estimate of drug-likeness (QED) is 0.509. The van der Waals surface area contributed by atoms with Crippen molar-refractivity contribution in [2.75, 3.05) is 0 Å². The van der Waals surface area contributed by atoms with E-state index in [4.69, 9.17) is 0 Å². The molecule has 0 aromatic heterocycles. The molecule has 112 valence electrons. The summed E-state index contributed by atoms with van der Waals surface area (Å²) in [6.07, 6.45) is 21.4. The second kappa shape index (κ2) is 6.96. The zero-order valence-electron chi connectivity index (χ0n) is 13.4. The van der Waals surface area contributed by atoms with E-state index in [9.17, 15) is 0 Å². The maximum atomic E-state index is 2.75. The average molecular weight is 272 g/mol. The standard InChI is InChI=1S/C20H32/c1-2-3-10-16-15-17-11-6-4-7-12-18(16)20-14-9-5-8-13-19(17)20/h15,17-18H,2-14H2,1H3/t17-,18+/m1/s1. The molecule has 0 fully saturated rings. The first kappa shape index (κ1) is 14.4. The van der Waals surface area contributed by atoms with E-state index < -0.39 is 0 Å². The Kier molecular flexibility index (Phi) is 5.02. The van der Waals surface area contributed by atoms with Crippen molar-refractivity contribution in [2.45, 2.75) is 90.4 Å². The number of allylic oxidation sites excluding steroid dienone is 4. The summed E-state index contributed by atoms with van der Waals surface area (Å²) in [5.74, 6) is 1.70. The van der Waals surface area contributed by atoms with Gasteiger partial charge in [0.25, 0.3) is 0 Å². The minimum atomic E-state index is 0.837. The molecule has 3 aliphatic carbocycles. The monoisotopic (exact) mass is 272 g/mol. The minimum absolute atomic E-state index is 0.837. The van der Waals surface area contributed by atoms with Crippen molar-refractivity contribution >= 4 is 0 Å². The van der Waals surface area contributed by atoms with Gasteiger partial charge in [-0.25, -0.2) is 0 Å². The smallest absolute Gasteiger partial charge is 0.00100 e. The number of fused-ring (bicyclic) bond motifs is 4. The van der Waals surface area contributed by atoms with Crippen LogP contribution in [0, 0.1) is 11.8 Å². The van der Waals surface area contributed by atoms with Crippen molar-refractivity contribution in [3.63, 3.8) is 0 Å². The molecule has 0 aromatic rings. The highest BCUT2D eigenvalue weighted by Gasteiger charge is 2.31. The lowest BCUT2D eigenvalue weighted by molar-refractivity contribution is 0.532. The number of rotatable bonds is 3. The molecule has 0 heteroatoms.